The summed E-state index contributed by atoms with van der Waals surface area (Å²) in [7, 11) is 2.33. The van der Waals surface area contributed by atoms with E-state index in [4.69, 9.17) is 0 Å². The molecule has 18 heavy (non-hydrogen) atoms. The van der Waals surface area contributed by atoms with Gasteiger partial charge in [0.2, 0.25) is 0 Å². The normalized spacial score (nSPS) is 19.0. The number of rotatable bonds is 9. The Kier molecular flexibility index (Phi) is 7.92. The van der Waals surface area contributed by atoms with Gasteiger partial charge in [-0.1, -0.05) is 40.0 Å². The molecule has 108 valence electrons. The lowest BCUT2D eigenvalue weighted by atomic mass is 10.0. The van der Waals surface area contributed by atoms with Crippen molar-refractivity contribution in [2.45, 2.75) is 65.3 Å². The molecule has 1 rings (SSSR count). The summed E-state index contributed by atoms with van der Waals surface area (Å²) < 4.78 is 0. The monoisotopic (exact) mass is 254 g/mol. The Morgan fingerprint density at radius 3 is 2.39 bits per heavy atom. The highest BCUT2D eigenvalue weighted by molar-refractivity contribution is 4.76. The summed E-state index contributed by atoms with van der Waals surface area (Å²) in [5.74, 6) is 1.73. The Labute approximate surface area is 115 Å². The predicted molar refractivity (Wildman–Crippen MR) is 81.0 cm³/mol. The molecule has 1 unspecified atom stereocenters. The van der Waals surface area contributed by atoms with Crippen LogP contribution >= 0.6 is 0 Å². The minimum atomic E-state index is 0.731. The summed E-state index contributed by atoms with van der Waals surface area (Å²) in [5, 5.41) is 3.63. The van der Waals surface area contributed by atoms with E-state index in [1.165, 1.54) is 45.1 Å². The maximum absolute atomic E-state index is 3.63. The van der Waals surface area contributed by atoms with Crippen LogP contribution in [0.15, 0.2) is 0 Å². The van der Waals surface area contributed by atoms with Gasteiger partial charge in [-0.15, -0.1) is 0 Å². The standard InChI is InChI=1S/C16H34N2/c1-5-8-16(12-17-11-14(2)3)18(4)13-15-9-6-7-10-15/h14-17H,5-13H2,1-4H3. The maximum atomic E-state index is 3.63. The highest BCUT2D eigenvalue weighted by atomic mass is 15.1. The average molecular weight is 254 g/mol. The van der Waals surface area contributed by atoms with Gasteiger partial charge in [0, 0.05) is 19.1 Å². The van der Waals surface area contributed by atoms with E-state index >= 15 is 0 Å². The van der Waals surface area contributed by atoms with Crippen molar-refractivity contribution in [1.29, 1.82) is 0 Å². The molecule has 2 nitrogen and oxygen atoms in total. The second kappa shape index (κ2) is 8.92. The van der Waals surface area contributed by atoms with E-state index in [0.29, 0.717) is 0 Å². The first-order valence-electron chi connectivity index (χ1n) is 8.04. The van der Waals surface area contributed by atoms with Crippen molar-refractivity contribution >= 4 is 0 Å². The van der Waals surface area contributed by atoms with Crippen LogP contribution in [0.5, 0.6) is 0 Å². The van der Waals surface area contributed by atoms with Crippen LogP contribution < -0.4 is 5.32 Å². The van der Waals surface area contributed by atoms with Gasteiger partial charge in [-0.25, -0.2) is 0 Å². The van der Waals surface area contributed by atoms with Gasteiger partial charge in [0.15, 0.2) is 0 Å². The first-order chi connectivity index (χ1) is 8.63. The second-order valence-corrected chi connectivity index (χ2v) is 6.58. The molecule has 0 bridgehead atoms. The fourth-order valence-electron chi connectivity index (χ4n) is 3.10. The molecule has 0 radical (unpaired) electrons. The summed E-state index contributed by atoms with van der Waals surface area (Å²) in [4.78, 5) is 2.62. The molecule has 2 heteroatoms. The number of nitrogens with zero attached hydrogens (tertiary/aromatic N) is 1. The predicted octanol–water partition coefficient (Wildman–Crippen LogP) is 3.52. The summed E-state index contributed by atoms with van der Waals surface area (Å²) in [6.07, 6.45) is 8.47. The number of hydrogen-bond donors (Lipinski definition) is 1. The lowest BCUT2D eigenvalue weighted by Crippen LogP contribution is -2.42. The molecule has 0 saturated heterocycles. The maximum Gasteiger partial charge on any atom is 0.0217 e. The van der Waals surface area contributed by atoms with E-state index < -0.39 is 0 Å². The molecule has 0 spiro atoms. The molecule has 1 N–H and O–H groups in total. The van der Waals surface area contributed by atoms with Crippen LogP contribution in [0.2, 0.25) is 0 Å². The van der Waals surface area contributed by atoms with Crippen LogP contribution in [-0.2, 0) is 0 Å². The Morgan fingerprint density at radius 2 is 1.83 bits per heavy atom. The highest BCUT2D eigenvalue weighted by Crippen LogP contribution is 2.25. The van der Waals surface area contributed by atoms with Crippen molar-refractivity contribution in [3.63, 3.8) is 0 Å². The van der Waals surface area contributed by atoms with Crippen molar-refractivity contribution in [2.75, 3.05) is 26.7 Å². The summed E-state index contributed by atoms with van der Waals surface area (Å²) >= 11 is 0. The summed E-state index contributed by atoms with van der Waals surface area (Å²) in [6, 6.07) is 0.731. The van der Waals surface area contributed by atoms with Gasteiger partial charge in [-0.3, -0.25) is 0 Å². The van der Waals surface area contributed by atoms with Gasteiger partial charge in [0.25, 0.3) is 0 Å². The molecule has 1 aliphatic carbocycles. The van der Waals surface area contributed by atoms with Gasteiger partial charge in [-0.05, 0) is 44.7 Å². The van der Waals surface area contributed by atoms with Gasteiger partial charge in [0.05, 0.1) is 0 Å². The molecule has 0 amide bonds. The molecule has 1 saturated carbocycles. The van der Waals surface area contributed by atoms with Crippen LogP contribution in [0.1, 0.15) is 59.3 Å². The second-order valence-electron chi connectivity index (χ2n) is 6.58. The lowest BCUT2D eigenvalue weighted by Gasteiger charge is -2.30. The zero-order valence-corrected chi connectivity index (χ0v) is 13.0. The Bertz CT molecular complexity index is 197. The smallest absolute Gasteiger partial charge is 0.0217 e. The quantitative estimate of drug-likeness (QED) is 0.677. The SMILES string of the molecule is CCCC(CNCC(C)C)N(C)CC1CCCC1. The van der Waals surface area contributed by atoms with E-state index in [1.807, 2.05) is 0 Å². The molecule has 0 aliphatic heterocycles. The molecule has 0 aromatic carbocycles. The summed E-state index contributed by atoms with van der Waals surface area (Å²) in [5.41, 5.74) is 0. The van der Waals surface area contributed by atoms with Crippen LogP contribution in [-0.4, -0.2) is 37.6 Å². The lowest BCUT2D eigenvalue weighted by molar-refractivity contribution is 0.191. The molecule has 0 aromatic rings. The zero-order valence-electron chi connectivity index (χ0n) is 13.0. The van der Waals surface area contributed by atoms with Crippen LogP contribution in [0, 0.1) is 11.8 Å². The third-order valence-electron chi connectivity index (χ3n) is 4.20. The molecule has 1 aliphatic rings. The minimum absolute atomic E-state index is 0.731. The topological polar surface area (TPSA) is 15.3 Å². The largest absolute Gasteiger partial charge is 0.315 e. The first kappa shape index (κ1) is 16.0. The Hall–Kier alpha value is -0.0800. The van der Waals surface area contributed by atoms with E-state index in [1.54, 1.807) is 0 Å². The summed E-state index contributed by atoms with van der Waals surface area (Å²) in [6.45, 7) is 10.5. The molecule has 0 aromatic heterocycles. The molecule has 0 heterocycles. The van der Waals surface area contributed by atoms with Gasteiger partial charge in [0.1, 0.15) is 0 Å². The van der Waals surface area contributed by atoms with Crippen LogP contribution in [0.3, 0.4) is 0 Å². The van der Waals surface area contributed by atoms with E-state index in [0.717, 1.165) is 31.0 Å². The molecular weight excluding hydrogens is 220 g/mol. The highest BCUT2D eigenvalue weighted by Gasteiger charge is 2.20. The third kappa shape index (κ3) is 6.19. The van der Waals surface area contributed by atoms with Gasteiger partial charge >= 0.3 is 0 Å². The van der Waals surface area contributed by atoms with Crippen LogP contribution in [0.4, 0.5) is 0 Å². The van der Waals surface area contributed by atoms with Crippen molar-refractivity contribution < 1.29 is 0 Å². The van der Waals surface area contributed by atoms with Crippen molar-refractivity contribution in [1.82, 2.24) is 10.2 Å². The van der Waals surface area contributed by atoms with Gasteiger partial charge < -0.3 is 10.2 Å². The Balaban J connectivity index is 2.28. The molecule has 1 atom stereocenters. The van der Waals surface area contributed by atoms with E-state index in [2.05, 4.69) is 38.0 Å². The molecule has 1 fully saturated rings. The fraction of sp³-hybridized carbons (Fsp3) is 1.00. The molecular formula is C16H34N2. The van der Waals surface area contributed by atoms with Crippen LogP contribution in [0.25, 0.3) is 0 Å². The first-order valence-corrected chi connectivity index (χ1v) is 8.04. The zero-order chi connectivity index (χ0) is 13.4. The number of hydrogen-bond acceptors (Lipinski definition) is 2. The van der Waals surface area contributed by atoms with Crippen molar-refractivity contribution in [3.05, 3.63) is 0 Å². The van der Waals surface area contributed by atoms with Gasteiger partial charge in [-0.2, -0.15) is 0 Å². The van der Waals surface area contributed by atoms with Crippen molar-refractivity contribution in [3.8, 4) is 0 Å². The average Bonchev–Trinajstić information content (AvgIpc) is 2.80. The Morgan fingerprint density at radius 1 is 1.17 bits per heavy atom. The number of likely N-dealkylation sites (N-methyl/N-ethyl adjacent to an activating group) is 1. The van der Waals surface area contributed by atoms with Crippen molar-refractivity contribution in [2.24, 2.45) is 11.8 Å². The third-order valence-corrected chi connectivity index (χ3v) is 4.20. The minimum Gasteiger partial charge on any atom is -0.315 e. The number of nitrogens with one attached hydrogen (secondary N) is 1. The van der Waals surface area contributed by atoms with E-state index in [9.17, 15) is 0 Å². The van der Waals surface area contributed by atoms with E-state index in [-0.39, 0.29) is 0 Å². The fourth-order valence-corrected chi connectivity index (χ4v) is 3.10.